The van der Waals surface area contributed by atoms with E-state index in [2.05, 4.69) is 46.5 Å². The fraction of sp³-hybridized carbons (Fsp3) is 0.884. The van der Waals surface area contributed by atoms with Crippen molar-refractivity contribution in [2.45, 2.75) is 163 Å². The number of hydrogen-bond acceptors (Lipinski definition) is 5. The van der Waals surface area contributed by atoms with Gasteiger partial charge >= 0.3 is 11.9 Å². The molecule has 5 aliphatic rings. The lowest BCUT2D eigenvalue weighted by molar-refractivity contribution is -0.246. The number of unbranched alkanes of at least 4 members (excludes halogenated alkanes) is 7. The van der Waals surface area contributed by atoms with Gasteiger partial charge in [0.15, 0.2) is 0 Å². The largest absolute Gasteiger partial charge is 0.481 e. The number of thioether (sulfide) groups is 1. The molecule has 10 atom stereocenters. The maximum Gasteiger partial charge on any atom is 0.313 e. The van der Waals surface area contributed by atoms with Crippen molar-refractivity contribution < 1.29 is 29.7 Å². The van der Waals surface area contributed by atoms with Gasteiger partial charge in [0.25, 0.3) is 0 Å². The Morgan fingerprint density at radius 2 is 1.37 bits per heavy atom. The Labute approximate surface area is 313 Å². The van der Waals surface area contributed by atoms with Crippen LogP contribution in [-0.4, -0.2) is 57.3 Å². The second-order valence-electron chi connectivity index (χ2n) is 19.1. The van der Waals surface area contributed by atoms with E-state index in [1.165, 1.54) is 31.0 Å². The van der Waals surface area contributed by atoms with Gasteiger partial charge < -0.3 is 20.6 Å². The molecular formula is C43H71NO6S. The molecule has 1 unspecified atom stereocenters. The molecule has 1 amide bonds. The molecule has 0 aromatic carbocycles. The highest BCUT2D eigenvalue weighted by atomic mass is 32.2. The number of aliphatic hydroxyl groups excluding tert-OH is 1. The Kier molecular flexibility index (Phi) is 12.8. The Hall–Kier alpha value is -1.54. The van der Waals surface area contributed by atoms with E-state index in [1.807, 2.05) is 0 Å². The molecule has 5 aliphatic carbocycles. The number of aliphatic hydroxyl groups is 1. The molecule has 0 spiro atoms. The van der Waals surface area contributed by atoms with Crippen molar-refractivity contribution in [3.63, 3.8) is 0 Å². The summed E-state index contributed by atoms with van der Waals surface area (Å²) in [7, 11) is 0. The first-order valence-corrected chi connectivity index (χ1v) is 21.9. The molecule has 0 heterocycles. The standard InChI is InChI=1S/C43H71NO6S/c1-29(27-51-28-36(48)49)30-18-23-43(38(50)44-26-14-12-10-8-7-9-11-13-15-35(46)47)25-24-41(5)31(37(30)43)16-17-33-40(4)21-20-34(45)39(2,3)32(40)19-22-42(33,41)6/h30-34,37,45H,1,7-28H2,2-6H3,(H,44,50)(H,46,47)(H,48,49)/t30-,31+,32-,33?,34-,37+,40-,41+,42+,43-/m0/s1. The zero-order valence-electron chi connectivity index (χ0n) is 32.7. The van der Waals surface area contributed by atoms with Crippen LogP contribution in [0.1, 0.15) is 157 Å². The molecule has 8 heteroatoms. The topological polar surface area (TPSA) is 124 Å². The summed E-state index contributed by atoms with van der Waals surface area (Å²) >= 11 is 1.45. The first-order valence-electron chi connectivity index (χ1n) is 20.7. The SMILES string of the molecule is C=C(CSCC(=O)O)[C@@H]1CC[C@]2(C(=O)NCCCCCCCCCCC(=O)O)CC[C@]3(C)[C@H](CCC4[C@@]5(C)CC[C@H](O)C(C)(C)[C@@H]5CC[C@]43C)[C@@H]12. The van der Waals surface area contributed by atoms with E-state index in [0.717, 1.165) is 108 Å². The number of carboxylic acid groups (broad SMARTS) is 2. The summed E-state index contributed by atoms with van der Waals surface area (Å²) in [5.41, 5.74) is 1.18. The number of fused-ring (bicyclic) bond motifs is 7. The number of nitrogens with one attached hydrogen (secondary N) is 1. The first kappa shape index (κ1) is 40.6. The smallest absolute Gasteiger partial charge is 0.313 e. The minimum absolute atomic E-state index is 0.0723. The molecule has 7 nitrogen and oxygen atoms in total. The molecule has 0 saturated heterocycles. The fourth-order valence-electron chi connectivity index (χ4n) is 13.6. The van der Waals surface area contributed by atoms with E-state index >= 15 is 0 Å². The van der Waals surface area contributed by atoms with Crippen LogP contribution >= 0.6 is 11.8 Å². The number of carboxylic acids is 2. The van der Waals surface area contributed by atoms with Crippen molar-refractivity contribution in [2.75, 3.05) is 18.1 Å². The molecule has 290 valence electrons. The molecule has 5 rings (SSSR count). The quantitative estimate of drug-likeness (QED) is 0.0869. The maximum absolute atomic E-state index is 14.5. The lowest BCUT2D eigenvalue weighted by atomic mass is 9.32. The predicted molar refractivity (Wildman–Crippen MR) is 206 cm³/mol. The van der Waals surface area contributed by atoms with Crippen LogP contribution in [0, 0.1) is 56.7 Å². The van der Waals surface area contributed by atoms with Gasteiger partial charge in [-0.3, -0.25) is 14.4 Å². The Balaban J connectivity index is 1.29. The van der Waals surface area contributed by atoms with E-state index in [-0.39, 0.29) is 63.1 Å². The van der Waals surface area contributed by atoms with E-state index in [1.54, 1.807) is 0 Å². The third-order valence-corrected chi connectivity index (χ3v) is 17.5. The van der Waals surface area contributed by atoms with Gasteiger partial charge in [0.2, 0.25) is 5.91 Å². The molecule has 5 saturated carbocycles. The summed E-state index contributed by atoms with van der Waals surface area (Å²) in [6, 6.07) is 0. The van der Waals surface area contributed by atoms with Crippen molar-refractivity contribution in [3.8, 4) is 0 Å². The van der Waals surface area contributed by atoms with Gasteiger partial charge in [0.05, 0.1) is 17.3 Å². The van der Waals surface area contributed by atoms with Crippen molar-refractivity contribution >= 4 is 29.6 Å². The van der Waals surface area contributed by atoms with Gasteiger partial charge in [0.1, 0.15) is 0 Å². The monoisotopic (exact) mass is 730 g/mol. The number of aliphatic carboxylic acids is 2. The van der Waals surface area contributed by atoms with Gasteiger partial charge in [-0.1, -0.05) is 85.3 Å². The van der Waals surface area contributed by atoms with Gasteiger partial charge in [0, 0.05) is 18.7 Å². The highest BCUT2D eigenvalue weighted by Gasteiger charge is 2.71. The fourth-order valence-corrected chi connectivity index (χ4v) is 14.4. The van der Waals surface area contributed by atoms with Crippen molar-refractivity contribution in [3.05, 3.63) is 12.2 Å². The Morgan fingerprint density at radius 1 is 0.706 bits per heavy atom. The summed E-state index contributed by atoms with van der Waals surface area (Å²) in [5.74, 6) is 1.54. The lowest BCUT2D eigenvalue weighted by Crippen LogP contribution is -2.67. The minimum atomic E-state index is -0.789. The van der Waals surface area contributed by atoms with E-state index < -0.39 is 11.9 Å². The number of carbonyl (C=O) groups excluding carboxylic acids is 1. The summed E-state index contributed by atoms with van der Waals surface area (Å²) in [4.78, 5) is 36.6. The molecule has 0 bridgehead atoms. The molecule has 4 N–H and O–H groups in total. The van der Waals surface area contributed by atoms with Crippen LogP contribution in [0.3, 0.4) is 0 Å². The summed E-state index contributed by atoms with van der Waals surface area (Å²) in [6.07, 6.45) is 19.0. The van der Waals surface area contributed by atoms with Crippen LogP contribution in [0.5, 0.6) is 0 Å². The lowest BCUT2D eigenvalue weighted by Gasteiger charge is -2.72. The van der Waals surface area contributed by atoms with Crippen LogP contribution in [0.2, 0.25) is 0 Å². The van der Waals surface area contributed by atoms with Gasteiger partial charge in [-0.05, 0) is 128 Å². The van der Waals surface area contributed by atoms with Crippen LogP contribution in [0.4, 0.5) is 0 Å². The van der Waals surface area contributed by atoms with E-state index in [4.69, 9.17) is 5.11 Å². The number of amides is 1. The van der Waals surface area contributed by atoms with Crippen molar-refractivity contribution in [1.29, 1.82) is 0 Å². The first-order chi connectivity index (χ1) is 24.0. The number of carbonyl (C=O) groups is 3. The Morgan fingerprint density at radius 3 is 2.04 bits per heavy atom. The second kappa shape index (κ2) is 16.1. The van der Waals surface area contributed by atoms with E-state index in [9.17, 15) is 24.6 Å². The third kappa shape index (κ3) is 7.58. The second-order valence-corrected chi connectivity index (χ2v) is 20.1. The molecule has 5 fully saturated rings. The average molecular weight is 730 g/mol. The van der Waals surface area contributed by atoms with E-state index in [0.29, 0.717) is 23.5 Å². The normalized spacial score (nSPS) is 39.6. The third-order valence-electron chi connectivity index (χ3n) is 16.5. The van der Waals surface area contributed by atoms with Gasteiger partial charge in [-0.2, -0.15) is 0 Å². The highest BCUT2D eigenvalue weighted by Crippen LogP contribution is 2.77. The van der Waals surface area contributed by atoms with Crippen LogP contribution in [-0.2, 0) is 14.4 Å². The maximum atomic E-state index is 14.5. The summed E-state index contributed by atoms with van der Waals surface area (Å²) in [5, 5.41) is 32.7. The van der Waals surface area contributed by atoms with Gasteiger partial charge in [-0.15, -0.1) is 11.8 Å². The van der Waals surface area contributed by atoms with Crippen LogP contribution < -0.4 is 5.32 Å². The summed E-state index contributed by atoms with van der Waals surface area (Å²) in [6.45, 7) is 17.7. The zero-order valence-corrected chi connectivity index (χ0v) is 33.5. The molecule has 51 heavy (non-hydrogen) atoms. The summed E-state index contributed by atoms with van der Waals surface area (Å²) < 4.78 is 0. The predicted octanol–water partition coefficient (Wildman–Crippen LogP) is 9.51. The van der Waals surface area contributed by atoms with Crippen LogP contribution in [0.25, 0.3) is 0 Å². The van der Waals surface area contributed by atoms with Gasteiger partial charge in [-0.25, -0.2) is 0 Å². The number of rotatable bonds is 17. The highest BCUT2D eigenvalue weighted by molar-refractivity contribution is 8.00. The average Bonchev–Trinajstić information content (AvgIpc) is 3.46. The minimum Gasteiger partial charge on any atom is -0.481 e. The number of hydrogen-bond donors (Lipinski definition) is 4. The molecular weight excluding hydrogens is 659 g/mol. The molecule has 0 radical (unpaired) electrons. The van der Waals surface area contributed by atoms with Crippen LogP contribution in [0.15, 0.2) is 12.2 Å². The zero-order chi connectivity index (χ0) is 37.2. The van der Waals surface area contributed by atoms with Crippen molar-refractivity contribution in [2.24, 2.45) is 56.7 Å². The Bertz CT molecular complexity index is 1280. The molecule has 0 aromatic heterocycles. The molecule has 0 aromatic rings. The molecule has 0 aliphatic heterocycles. The van der Waals surface area contributed by atoms with Crippen molar-refractivity contribution in [1.82, 2.24) is 5.32 Å².